The molecule has 0 aromatic carbocycles. The highest BCUT2D eigenvalue weighted by Crippen LogP contribution is 2.12. The molecule has 56 valence electrons. The van der Waals surface area contributed by atoms with Crippen molar-refractivity contribution in [3.05, 3.63) is 0 Å². The molecule has 0 aromatic heterocycles. The molecule has 6 heteroatoms. The fraction of sp³-hybridized carbons (Fsp3) is 1.00. The highest BCUT2D eigenvalue weighted by atomic mass is 32.2. The van der Waals surface area contributed by atoms with Crippen LogP contribution >= 0.6 is 0 Å². The molecule has 0 amide bonds. The summed E-state index contributed by atoms with van der Waals surface area (Å²) in [5.74, 6) is -4.87. The molecular weight excluding hydrogens is 154 g/mol. The van der Waals surface area contributed by atoms with E-state index in [0.717, 1.165) is 0 Å². The fourth-order valence-electron chi connectivity index (χ4n) is 0.320. The van der Waals surface area contributed by atoms with Crippen LogP contribution in [0.3, 0.4) is 0 Å². The van der Waals surface area contributed by atoms with Crippen LogP contribution < -0.4 is 0 Å². The van der Waals surface area contributed by atoms with Crippen LogP contribution in [-0.4, -0.2) is 24.6 Å². The van der Waals surface area contributed by atoms with E-state index in [2.05, 4.69) is 0 Å². The molecule has 0 radical (unpaired) electrons. The predicted octanol–water partition coefficient (Wildman–Crippen LogP) is 0.529. The van der Waals surface area contributed by atoms with Crippen molar-refractivity contribution >= 4 is 10.1 Å². The molecule has 0 aliphatic carbocycles. The molecule has 3 nitrogen and oxygen atoms in total. The maximum Gasteiger partial charge on any atom is 0.270 e. The molecule has 0 saturated carbocycles. The van der Waals surface area contributed by atoms with Crippen LogP contribution in [0.25, 0.3) is 0 Å². The lowest BCUT2D eigenvalue weighted by Gasteiger charge is -2.05. The Morgan fingerprint density at radius 1 is 1.56 bits per heavy atom. The zero-order chi connectivity index (χ0) is 7.71. The summed E-state index contributed by atoms with van der Waals surface area (Å²) in [6, 6.07) is 0. The second kappa shape index (κ2) is 2.18. The van der Waals surface area contributed by atoms with E-state index in [9.17, 15) is 17.2 Å². The first-order valence-electron chi connectivity index (χ1n) is 2.04. The number of alkyl halides is 2. The van der Waals surface area contributed by atoms with Gasteiger partial charge in [-0.05, 0) is 0 Å². The summed E-state index contributed by atoms with van der Waals surface area (Å²) < 4.78 is 50.6. The second-order valence-corrected chi connectivity index (χ2v) is 3.25. The van der Waals surface area contributed by atoms with Crippen LogP contribution in [0.1, 0.15) is 6.92 Å². The van der Waals surface area contributed by atoms with Crippen LogP contribution in [0.2, 0.25) is 0 Å². The molecular formula is C3H6F2O3S. The first-order chi connectivity index (χ1) is 3.71. The zero-order valence-corrected chi connectivity index (χ0v) is 5.45. The summed E-state index contributed by atoms with van der Waals surface area (Å²) in [6.45, 7) is 0.417. The molecule has 0 rings (SSSR count). The van der Waals surface area contributed by atoms with Crippen LogP contribution in [0.15, 0.2) is 0 Å². The van der Waals surface area contributed by atoms with Gasteiger partial charge < -0.3 is 0 Å². The minimum absolute atomic E-state index is 0.417. The molecule has 0 atom stereocenters. The molecule has 0 aromatic rings. The first kappa shape index (κ1) is 8.77. The summed E-state index contributed by atoms with van der Waals surface area (Å²) in [5.41, 5.74) is 0. The Labute approximate surface area is 51.4 Å². The Bertz CT molecular complexity index is 178. The summed E-state index contributed by atoms with van der Waals surface area (Å²) in [5, 5.41) is 0. The van der Waals surface area contributed by atoms with Gasteiger partial charge in [0.25, 0.3) is 16.0 Å². The summed E-state index contributed by atoms with van der Waals surface area (Å²) in [6.07, 6.45) is 0. The van der Waals surface area contributed by atoms with Crippen LogP contribution in [0, 0.1) is 0 Å². The predicted molar refractivity (Wildman–Crippen MR) is 27.0 cm³/mol. The van der Waals surface area contributed by atoms with Crippen LogP contribution in [0.5, 0.6) is 0 Å². The van der Waals surface area contributed by atoms with E-state index < -0.39 is 21.8 Å². The van der Waals surface area contributed by atoms with Crippen LogP contribution in [0.4, 0.5) is 8.78 Å². The van der Waals surface area contributed by atoms with Gasteiger partial charge in [0.05, 0.1) is 0 Å². The zero-order valence-electron chi connectivity index (χ0n) is 4.63. The molecule has 0 fully saturated rings. The minimum Gasteiger partial charge on any atom is -0.285 e. The summed E-state index contributed by atoms with van der Waals surface area (Å²) >= 11 is 0. The van der Waals surface area contributed by atoms with E-state index in [4.69, 9.17) is 4.55 Å². The summed E-state index contributed by atoms with van der Waals surface area (Å²) in [7, 11) is -4.53. The van der Waals surface area contributed by atoms with Crippen molar-refractivity contribution in [2.75, 3.05) is 5.75 Å². The van der Waals surface area contributed by atoms with Crippen molar-refractivity contribution in [2.24, 2.45) is 0 Å². The van der Waals surface area contributed by atoms with Crippen molar-refractivity contribution in [3.63, 3.8) is 0 Å². The molecule has 1 N–H and O–H groups in total. The Kier molecular flexibility index (Phi) is 2.13. The number of hydrogen-bond acceptors (Lipinski definition) is 2. The Morgan fingerprint density at radius 2 is 1.89 bits per heavy atom. The smallest absolute Gasteiger partial charge is 0.270 e. The van der Waals surface area contributed by atoms with Crippen molar-refractivity contribution in [3.8, 4) is 0 Å². The first-order valence-corrected chi connectivity index (χ1v) is 3.65. The quantitative estimate of drug-likeness (QED) is 0.599. The highest BCUT2D eigenvalue weighted by Gasteiger charge is 2.28. The maximum atomic E-state index is 11.7. The topological polar surface area (TPSA) is 54.4 Å². The molecule has 0 aliphatic heterocycles. The molecule has 0 spiro atoms. The highest BCUT2D eigenvalue weighted by molar-refractivity contribution is 7.85. The van der Waals surface area contributed by atoms with Gasteiger partial charge in [0.2, 0.25) is 0 Å². The van der Waals surface area contributed by atoms with E-state index in [1.165, 1.54) is 0 Å². The van der Waals surface area contributed by atoms with E-state index in [-0.39, 0.29) is 0 Å². The van der Waals surface area contributed by atoms with Crippen molar-refractivity contribution in [1.29, 1.82) is 0 Å². The molecule has 0 bridgehead atoms. The van der Waals surface area contributed by atoms with Crippen molar-refractivity contribution in [2.45, 2.75) is 12.8 Å². The molecule has 0 aliphatic rings. The van der Waals surface area contributed by atoms with Gasteiger partial charge in [-0.15, -0.1) is 0 Å². The van der Waals surface area contributed by atoms with Gasteiger partial charge in [-0.25, -0.2) is 8.78 Å². The molecule has 9 heavy (non-hydrogen) atoms. The van der Waals surface area contributed by atoms with Gasteiger partial charge in [0.1, 0.15) is 5.75 Å². The average Bonchev–Trinajstić information content (AvgIpc) is 1.14. The van der Waals surface area contributed by atoms with E-state index in [1.54, 1.807) is 0 Å². The third-order valence-corrected chi connectivity index (χ3v) is 1.31. The van der Waals surface area contributed by atoms with Gasteiger partial charge in [0, 0.05) is 6.92 Å². The monoisotopic (exact) mass is 160 g/mol. The number of rotatable bonds is 2. The van der Waals surface area contributed by atoms with Gasteiger partial charge >= 0.3 is 0 Å². The maximum absolute atomic E-state index is 11.7. The Morgan fingerprint density at radius 3 is 1.89 bits per heavy atom. The Hall–Kier alpha value is -0.230. The number of hydrogen-bond donors (Lipinski definition) is 1. The lowest BCUT2D eigenvalue weighted by Crippen LogP contribution is -2.23. The van der Waals surface area contributed by atoms with E-state index in [0.29, 0.717) is 6.92 Å². The molecule has 0 saturated heterocycles. The van der Waals surface area contributed by atoms with E-state index >= 15 is 0 Å². The summed E-state index contributed by atoms with van der Waals surface area (Å²) in [4.78, 5) is 0. The Balaban J connectivity index is 4.07. The fourth-order valence-corrected chi connectivity index (χ4v) is 0.961. The van der Waals surface area contributed by atoms with Gasteiger partial charge in [-0.3, -0.25) is 4.55 Å². The molecule has 0 unspecified atom stereocenters. The number of halogens is 2. The van der Waals surface area contributed by atoms with Crippen molar-refractivity contribution < 1.29 is 21.8 Å². The largest absolute Gasteiger partial charge is 0.285 e. The minimum atomic E-state index is -4.53. The van der Waals surface area contributed by atoms with Gasteiger partial charge in [-0.2, -0.15) is 8.42 Å². The lowest BCUT2D eigenvalue weighted by molar-refractivity contribution is 0.0458. The van der Waals surface area contributed by atoms with Crippen LogP contribution in [-0.2, 0) is 10.1 Å². The van der Waals surface area contributed by atoms with Gasteiger partial charge in [-0.1, -0.05) is 0 Å². The van der Waals surface area contributed by atoms with Crippen molar-refractivity contribution in [1.82, 2.24) is 0 Å². The lowest BCUT2D eigenvalue weighted by atomic mass is 10.5. The standard InChI is InChI=1S/C3H6F2O3S/c1-3(4,5)2-9(6,7)8/h2H2,1H3,(H,6,7,8). The third-order valence-electron chi connectivity index (χ3n) is 0.436. The normalized spacial score (nSPS) is 13.8. The van der Waals surface area contributed by atoms with Gasteiger partial charge in [0.15, 0.2) is 0 Å². The SMILES string of the molecule is CC(F)(F)CS(=O)(=O)O. The second-order valence-electron chi connectivity index (χ2n) is 1.80. The molecule has 0 heterocycles. The average molecular weight is 160 g/mol. The third kappa shape index (κ3) is 7.77. The van der Waals surface area contributed by atoms with E-state index in [1.807, 2.05) is 0 Å².